The van der Waals surface area contributed by atoms with Gasteiger partial charge in [0.2, 0.25) is 34.7 Å². The van der Waals surface area contributed by atoms with Crippen LogP contribution in [-0.2, 0) is 85.3 Å². The minimum Gasteiger partial charge on any atom is -0.509 e. The van der Waals surface area contributed by atoms with Crippen LogP contribution in [0.2, 0.25) is 0 Å². The Kier molecular flexibility index (Phi) is 14.9. The summed E-state index contributed by atoms with van der Waals surface area (Å²) >= 11 is 0. The molecule has 8 saturated heterocycles. The van der Waals surface area contributed by atoms with Crippen molar-refractivity contribution in [1.82, 2.24) is 0 Å². The molecule has 0 aromatic rings. The first-order valence-electron chi connectivity index (χ1n) is 28.9. The van der Waals surface area contributed by atoms with Crippen molar-refractivity contribution in [2.75, 3.05) is 133 Å². The van der Waals surface area contributed by atoms with Crippen LogP contribution in [0.4, 0.5) is 0 Å². The van der Waals surface area contributed by atoms with Crippen LogP contribution in [0.5, 0.6) is 0 Å². The van der Waals surface area contributed by atoms with Crippen molar-refractivity contribution in [2.24, 2.45) is 34.0 Å². The van der Waals surface area contributed by atoms with Gasteiger partial charge in [0.1, 0.15) is 77.1 Å². The molecule has 0 radical (unpaired) electrons. The number of aliphatic hydroxyl groups is 11. The van der Waals surface area contributed by atoms with E-state index in [0.717, 1.165) is 0 Å². The molecule has 0 spiro atoms. The quantitative estimate of drug-likeness (QED) is 0.0499. The van der Waals surface area contributed by atoms with Crippen molar-refractivity contribution in [3.8, 4) is 0 Å². The fourth-order valence-electron chi connectivity index (χ4n) is 14.3. The van der Waals surface area contributed by atoms with Crippen LogP contribution in [0.15, 0.2) is 58.5 Å². The summed E-state index contributed by atoms with van der Waals surface area (Å²) in [5.74, 6) is -13.9. The summed E-state index contributed by atoms with van der Waals surface area (Å²) in [5, 5.41) is 121. The van der Waals surface area contributed by atoms with E-state index < -0.39 is 149 Å². The van der Waals surface area contributed by atoms with E-state index in [1.807, 2.05) is 6.92 Å². The van der Waals surface area contributed by atoms with Crippen LogP contribution >= 0.6 is 0 Å². The molecule has 8 fully saturated rings. The maximum atomic E-state index is 12.0. The molecule has 0 aromatic heterocycles. The van der Waals surface area contributed by atoms with Crippen LogP contribution < -0.4 is 0 Å². The van der Waals surface area contributed by atoms with Gasteiger partial charge in [-0.3, -0.25) is 0 Å². The van der Waals surface area contributed by atoms with E-state index >= 15 is 0 Å². The first kappa shape index (κ1) is 62.6. The lowest BCUT2D eigenvalue weighted by Gasteiger charge is -2.64. The van der Waals surface area contributed by atoms with Gasteiger partial charge in [-0.1, -0.05) is 6.92 Å². The molecular weight excluding hydrogens is 1150 g/mol. The van der Waals surface area contributed by atoms with E-state index in [1.165, 1.54) is 32.3 Å². The van der Waals surface area contributed by atoms with Gasteiger partial charge >= 0.3 is 0 Å². The average Bonchev–Trinajstić information content (AvgIpc) is 0.717. The van der Waals surface area contributed by atoms with Gasteiger partial charge in [0.05, 0.1) is 122 Å². The minimum atomic E-state index is -2.09. The monoisotopic (exact) mass is 1230 g/mol. The van der Waals surface area contributed by atoms with Gasteiger partial charge in [0.15, 0.2) is 34.3 Å². The molecule has 16 heterocycles. The molecule has 16 aliphatic rings. The van der Waals surface area contributed by atoms with Gasteiger partial charge in [-0.2, -0.15) is 0 Å². The second-order valence-electron chi connectivity index (χ2n) is 26.5. The number of aliphatic hydroxyl groups excluding tert-OH is 10. The number of methoxy groups -OCH3 is 1. The summed E-state index contributed by atoms with van der Waals surface area (Å²) in [6, 6.07) is 0. The lowest BCUT2D eigenvalue weighted by molar-refractivity contribution is -0.475. The van der Waals surface area contributed by atoms with E-state index in [0.29, 0.717) is 0 Å². The molecule has 19 atom stereocenters. The Balaban J connectivity index is 0.767. The molecule has 8 bridgehead atoms. The van der Waals surface area contributed by atoms with E-state index in [1.54, 1.807) is 34.6 Å². The Morgan fingerprint density at radius 1 is 0.523 bits per heavy atom. The predicted molar refractivity (Wildman–Crippen MR) is 281 cm³/mol. The highest BCUT2D eigenvalue weighted by atomic mass is 16.8. The van der Waals surface area contributed by atoms with Gasteiger partial charge in [0.25, 0.3) is 0 Å². The summed E-state index contributed by atoms with van der Waals surface area (Å²) in [6.45, 7) is 5.13. The van der Waals surface area contributed by atoms with Crippen LogP contribution in [-0.4, -0.2) is 263 Å². The summed E-state index contributed by atoms with van der Waals surface area (Å²) in [7, 11) is 1.44. The highest BCUT2D eigenvalue weighted by Crippen LogP contribution is 2.63. The van der Waals surface area contributed by atoms with Crippen molar-refractivity contribution < 1.29 is 141 Å². The molecule has 16 rings (SSSR count). The highest BCUT2D eigenvalue weighted by Gasteiger charge is 2.75. The van der Waals surface area contributed by atoms with Crippen molar-refractivity contribution in [3.63, 3.8) is 0 Å². The fourth-order valence-corrected chi connectivity index (χ4v) is 14.3. The Labute approximate surface area is 494 Å². The topological polar surface area (TPSA) is 389 Å². The third-order valence-electron chi connectivity index (χ3n) is 20.4. The Bertz CT molecular complexity index is 2840. The van der Waals surface area contributed by atoms with Gasteiger partial charge in [-0.25, -0.2) is 0 Å². The number of ether oxygens (including phenoxy) is 18. The van der Waals surface area contributed by atoms with Gasteiger partial charge in [-0.05, 0) is 66.2 Å². The van der Waals surface area contributed by atoms with E-state index in [4.69, 9.17) is 85.3 Å². The normalized spacial score (nSPS) is 49.9. The molecule has 0 aromatic carbocycles. The molecular formula is C57H82O29. The standard InChI is InChI=1S/C57H82O29/c1-32-9-51(68)30-75-52(32,16-59)78-38(51)14-71-25-49-11-36(65)47(7,85-56(49,20-63)77-28-49)74-31-57-43(3,37(79-57)12-50(15-58,86-57)29-73-26-48-10-35(64)44(4,22-69-8)84-55(48,19-62)76-27-48)21-72-24-46(6)42(67)40-34(54(18-61,81-40)83-46)13-70-23-45(5)41(66)39-33(2)53(17-60,80-39)82-45/h10-12,32-34,38,58-68H,9,13-31H2,1-8H3/t32-,33-,34-,38+,43-,44?,45?,46?,47?,48+,49?,50-,51?,52?,53?,54?,55?,56?,57?/m0/s1. The molecule has 29 nitrogen and oxygen atoms in total. The summed E-state index contributed by atoms with van der Waals surface area (Å²) in [5.41, 5.74) is -11.3. The predicted octanol–water partition coefficient (Wildman–Crippen LogP) is -0.395. The first-order valence-corrected chi connectivity index (χ1v) is 28.9. The maximum absolute atomic E-state index is 12.0. The van der Waals surface area contributed by atoms with Gasteiger partial charge < -0.3 is 141 Å². The zero-order valence-corrected chi connectivity index (χ0v) is 49.5. The number of hydrogen-bond donors (Lipinski definition) is 11. The summed E-state index contributed by atoms with van der Waals surface area (Å²) in [4.78, 5) is 0. The molecule has 0 saturated carbocycles. The molecule has 12 unspecified atom stereocenters. The minimum absolute atomic E-state index is 0.0125. The highest BCUT2D eigenvalue weighted by molar-refractivity contribution is 5.34. The molecule has 86 heavy (non-hydrogen) atoms. The van der Waals surface area contributed by atoms with E-state index in [-0.39, 0.29) is 132 Å². The van der Waals surface area contributed by atoms with Crippen LogP contribution in [0, 0.1) is 34.0 Å². The molecule has 0 aliphatic carbocycles. The first-order chi connectivity index (χ1) is 40.5. The molecule has 29 heteroatoms. The molecule has 16 aliphatic heterocycles. The Hall–Kier alpha value is -3.58. The Morgan fingerprint density at radius 3 is 1.72 bits per heavy atom. The molecule has 484 valence electrons. The summed E-state index contributed by atoms with van der Waals surface area (Å²) < 4.78 is 110. The second-order valence-corrected chi connectivity index (χ2v) is 26.5. The van der Waals surface area contributed by atoms with Crippen LogP contribution in [0.1, 0.15) is 54.9 Å². The number of rotatable bonds is 27. The third kappa shape index (κ3) is 8.56. The van der Waals surface area contributed by atoms with Crippen molar-refractivity contribution in [3.05, 3.63) is 58.5 Å². The second kappa shape index (κ2) is 20.5. The lowest BCUT2D eigenvalue weighted by atomic mass is 9.70. The largest absolute Gasteiger partial charge is 0.509 e. The number of fused-ring (bicyclic) bond motifs is 11. The molecule has 11 N–H and O–H groups in total. The van der Waals surface area contributed by atoms with E-state index in [9.17, 15) is 56.2 Å². The van der Waals surface area contributed by atoms with Crippen molar-refractivity contribution in [2.45, 2.75) is 130 Å². The zero-order chi connectivity index (χ0) is 61.8. The lowest BCUT2D eigenvalue weighted by Crippen LogP contribution is -2.75. The zero-order valence-electron chi connectivity index (χ0n) is 49.5. The number of hydrogen-bond acceptors (Lipinski definition) is 29. The van der Waals surface area contributed by atoms with Crippen molar-refractivity contribution in [1.29, 1.82) is 0 Å². The van der Waals surface area contributed by atoms with Crippen molar-refractivity contribution >= 4 is 0 Å². The Morgan fingerprint density at radius 2 is 1.12 bits per heavy atom. The third-order valence-corrected chi connectivity index (χ3v) is 20.4. The fraction of sp³-hybridized carbons (Fsp3) is 0.825. The molecule has 0 amide bonds. The maximum Gasteiger partial charge on any atom is 0.249 e. The van der Waals surface area contributed by atoms with Crippen LogP contribution in [0.25, 0.3) is 0 Å². The van der Waals surface area contributed by atoms with Gasteiger partial charge in [-0.15, -0.1) is 0 Å². The van der Waals surface area contributed by atoms with Crippen LogP contribution in [0.3, 0.4) is 0 Å². The smallest absolute Gasteiger partial charge is 0.249 e. The van der Waals surface area contributed by atoms with Gasteiger partial charge in [0, 0.05) is 13.0 Å². The SMILES string of the molecule is COCC1(C)OC2(CO)OC[C@]2(COC[C@@]2(CO)C=C3OC(COC4(C)OC5(CO)OCC5(COC[C@H]5OC6(CO)OCC5(O)C[C@@H]6C)C=C4O)(O2)[C@@]3(C)COCC2(C)OC3(CO)OC(=C2O)[C@@H]3COCC2(C)OC3(CO)OC(=C2O)[C@@H]3C)C=C1O. The van der Waals surface area contributed by atoms with E-state index in [2.05, 4.69) is 0 Å². The summed E-state index contributed by atoms with van der Waals surface area (Å²) in [6.07, 6.45) is 3.87. The average molecular weight is 1230 g/mol.